The number of rotatable bonds is 5. The molecule has 0 atom stereocenters. The summed E-state index contributed by atoms with van der Waals surface area (Å²) in [7, 11) is 0. The minimum Gasteiger partial charge on any atom is -0.338 e. The van der Waals surface area contributed by atoms with Crippen LogP contribution in [-0.4, -0.2) is 43.7 Å². The lowest BCUT2D eigenvalue weighted by molar-refractivity contribution is -0.917. The van der Waals surface area contributed by atoms with Gasteiger partial charge in [-0.1, -0.05) is 55.8 Å². The van der Waals surface area contributed by atoms with Crippen molar-refractivity contribution in [2.75, 3.05) is 32.7 Å². The van der Waals surface area contributed by atoms with Crippen molar-refractivity contribution in [3.63, 3.8) is 0 Å². The number of fused-ring (bicyclic) bond motifs is 1. The van der Waals surface area contributed by atoms with Gasteiger partial charge in [0.15, 0.2) is 0 Å². The standard InChI is InChI=1S/C20H27N3O/c1-2-3-11-21-20(24)23-14-12-22(13-15-23)16-18-9-6-8-17-7-4-5-10-19(17)18/h4-10H,2-3,11-16H2,1H3,(H,21,24)/p+1. The summed E-state index contributed by atoms with van der Waals surface area (Å²) in [5.74, 6) is 0. The van der Waals surface area contributed by atoms with E-state index in [1.807, 2.05) is 4.90 Å². The molecule has 0 spiro atoms. The predicted molar refractivity (Wildman–Crippen MR) is 98.2 cm³/mol. The number of carbonyl (C=O) groups excluding carboxylic acids is 1. The smallest absolute Gasteiger partial charge is 0.317 e. The number of benzene rings is 2. The van der Waals surface area contributed by atoms with E-state index < -0.39 is 0 Å². The lowest BCUT2D eigenvalue weighted by Crippen LogP contribution is -3.13. The first kappa shape index (κ1) is 16.8. The Labute approximate surface area is 144 Å². The van der Waals surface area contributed by atoms with Gasteiger partial charge in [-0.25, -0.2) is 4.79 Å². The van der Waals surface area contributed by atoms with E-state index in [2.05, 4.69) is 54.7 Å². The molecular weight excluding hydrogens is 298 g/mol. The van der Waals surface area contributed by atoms with E-state index >= 15 is 0 Å². The number of hydrogen-bond acceptors (Lipinski definition) is 1. The second-order valence-corrected chi connectivity index (χ2v) is 6.64. The summed E-state index contributed by atoms with van der Waals surface area (Å²) in [5.41, 5.74) is 1.41. The molecule has 1 aliphatic rings. The van der Waals surface area contributed by atoms with E-state index in [4.69, 9.17) is 0 Å². The molecule has 0 unspecified atom stereocenters. The molecule has 2 N–H and O–H groups in total. The van der Waals surface area contributed by atoms with E-state index in [1.165, 1.54) is 16.3 Å². The van der Waals surface area contributed by atoms with Crippen LogP contribution in [0.4, 0.5) is 4.79 Å². The zero-order valence-electron chi connectivity index (χ0n) is 14.6. The van der Waals surface area contributed by atoms with Crippen LogP contribution < -0.4 is 10.2 Å². The van der Waals surface area contributed by atoms with Crippen LogP contribution in [0.5, 0.6) is 0 Å². The molecule has 0 radical (unpaired) electrons. The molecule has 2 aromatic rings. The molecule has 1 heterocycles. The SMILES string of the molecule is CCCCNC(=O)N1CC[NH+](Cc2cccc3ccccc23)CC1. The highest BCUT2D eigenvalue weighted by molar-refractivity contribution is 5.85. The van der Waals surface area contributed by atoms with Gasteiger partial charge < -0.3 is 15.1 Å². The maximum absolute atomic E-state index is 12.1. The van der Waals surface area contributed by atoms with Crippen LogP contribution in [0.25, 0.3) is 10.8 Å². The fraction of sp³-hybridized carbons (Fsp3) is 0.450. The van der Waals surface area contributed by atoms with Crippen molar-refractivity contribution < 1.29 is 9.69 Å². The van der Waals surface area contributed by atoms with Gasteiger partial charge in [0.2, 0.25) is 0 Å². The number of nitrogens with one attached hydrogen (secondary N) is 2. The molecule has 1 aliphatic heterocycles. The maximum atomic E-state index is 12.1. The molecule has 1 saturated heterocycles. The Morgan fingerprint density at radius 2 is 1.88 bits per heavy atom. The highest BCUT2D eigenvalue weighted by Gasteiger charge is 2.23. The summed E-state index contributed by atoms with van der Waals surface area (Å²) in [6.07, 6.45) is 2.17. The van der Waals surface area contributed by atoms with Crippen LogP contribution in [0, 0.1) is 0 Å². The largest absolute Gasteiger partial charge is 0.338 e. The van der Waals surface area contributed by atoms with Crippen LogP contribution in [0.3, 0.4) is 0 Å². The summed E-state index contributed by atoms with van der Waals surface area (Å²) in [6.45, 7) is 7.69. The van der Waals surface area contributed by atoms with Crippen molar-refractivity contribution in [3.05, 3.63) is 48.0 Å². The fourth-order valence-corrected chi connectivity index (χ4v) is 3.40. The number of hydrogen-bond donors (Lipinski definition) is 2. The third-order valence-electron chi connectivity index (χ3n) is 4.88. The van der Waals surface area contributed by atoms with Crippen LogP contribution in [-0.2, 0) is 6.54 Å². The Hall–Kier alpha value is -2.07. The van der Waals surface area contributed by atoms with Gasteiger partial charge in [0, 0.05) is 12.1 Å². The van der Waals surface area contributed by atoms with Gasteiger partial charge in [0.25, 0.3) is 0 Å². The number of amides is 2. The first-order valence-electron chi connectivity index (χ1n) is 9.11. The van der Waals surface area contributed by atoms with Crippen molar-refractivity contribution in [2.45, 2.75) is 26.3 Å². The third-order valence-corrected chi connectivity index (χ3v) is 4.88. The molecule has 4 nitrogen and oxygen atoms in total. The summed E-state index contributed by atoms with van der Waals surface area (Å²) in [6, 6.07) is 15.2. The molecule has 2 aromatic carbocycles. The van der Waals surface area contributed by atoms with Crippen LogP contribution in [0.1, 0.15) is 25.3 Å². The molecule has 24 heavy (non-hydrogen) atoms. The van der Waals surface area contributed by atoms with Gasteiger partial charge in [-0.3, -0.25) is 0 Å². The first-order chi connectivity index (χ1) is 11.8. The first-order valence-corrected chi connectivity index (χ1v) is 9.11. The topological polar surface area (TPSA) is 36.8 Å². The number of urea groups is 1. The molecule has 4 heteroatoms. The van der Waals surface area contributed by atoms with E-state index in [9.17, 15) is 4.79 Å². The van der Waals surface area contributed by atoms with Crippen molar-refractivity contribution in [3.8, 4) is 0 Å². The highest BCUT2D eigenvalue weighted by Crippen LogP contribution is 2.17. The second-order valence-electron chi connectivity index (χ2n) is 6.64. The Morgan fingerprint density at radius 3 is 2.67 bits per heavy atom. The predicted octanol–water partition coefficient (Wildman–Crippen LogP) is 2.05. The number of unbranched alkanes of at least 4 members (excludes halogenated alkanes) is 1. The molecule has 0 bridgehead atoms. The van der Waals surface area contributed by atoms with Crippen molar-refractivity contribution in [1.29, 1.82) is 0 Å². The third kappa shape index (κ3) is 4.06. The lowest BCUT2D eigenvalue weighted by Gasteiger charge is -2.32. The van der Waals surface area contributed by atoms with Gasteiger partial charge in [-0.05, 0) is 17.2 Å². The summed E-state index contributed by atoms with van der Waals surface area (Å²) in [4.78, 5) is 15.6. The number of carbonyl (C=O) groups is 1. The molecule has 0 aromatic heterocycles. The molecule has 128 valence electrons. The van der Waals surface area contributed by atoms with E-state index in [0.29, 0.717) is 0 Å². The van der Waals surface area contributed by atoms with E-state index in [0.717, 1.165) is 52.1 Å². The molecular formula is C20H28N3O+. The maximum Gasteiger partial charge on any atom is 0.317 e. The van der Waals surface area contributed by atoms with Gasteiger partial charge in [0.05, 0.1) is 26.2 Å². The summed E-state index contributed by atoms with van der Waals surface area (Å²) >= 11 is 0. The molecule has 3 rings (SSSR count). The van der Waals surface area contributed by atoms with Crippen LogP contribution in [0.15, 0.2) is 42.5 Å². The normalized spacial score (nSPS) is 15.6. The minimum absolute atomic E-state index is 0.104. The Bertz CT molecular complexity index is 672. The monoisotopic (exact) mass is 326 g/mol. The van der Waals surface area contributed by atoms with E-state index in [1.54, 1.807) is 4.90 Å². The highest BCUT2D eigenvalue weighted by atomic mass is 16.2. The van der Waals surface area contributed by atoms with Crippen molar-refractivity contribution >= 4 is 16.8 Å². The van der Waals surface area contributed by atoms with Gasteiger partial charge in [-0.2, -0.15) is 0 Å². The second kappa shape index (κ2) is 8.15. The summed E-state index contributed by atoms with van der Waals surface area (Å²) in [5, 5.41) is 5.68. The zero-order valence-corrected chi connectivity index (χ0v) is 14.6. The quantitative estimate of drug-likeness (QED) is 0.811. The number of nitrogens with zero attached hydrogens (tertiary/aromatic N) is 1. The summed E-state index contributed by atoms with van der Waals surface area (Å²) < 4.78 is 0. The lowest BCUT2D eigenvalue weighted by atomic mass is 10.0. The fourth-order valence-electron chi connectivity index (χ4n) is 3.40. The van der Waals surface area contributed by atoms with Crippen LogP contribution >= 0.6 is 0 Å². The minimum atomic E-state index is 0.104. The van der Waals surface area contributed by atoms with Crippen molar-refractivity contribution in [1.82, 2.24) is 10.2 Å². The van der Waals surface area contributed by atoms with Gasteiger partial charge >= 0.3 is 6.03 Å². The number of quaternary nitrogens is 1. The molecule has 1 fully saturated rings. The average Bonchev–Trinajstić information content (AvgIpc) is 2.63. The Kier molecular flexibility index (Phi) is 5.70. The van der Waals surface area contributed by atoms with Crippen molar-refractivity contribution in [2.24, 2.45) is 0 Å². The van der Waals surface area contributed by atoms with Crippen LogP contribution in [0.2, 0.25) is 0 Å². The van der Waals surface area contributed by atoms with Gasteiger partial charge in [0.1, 0.15) is 6.54 Å². The average molecular weight is 326 g/mol. The number of piperazine rings is 1. The van der Waals surface area contributed by atoms with E-state index in [-0.39, 0.29) is 6.03 Å². The van der Waals surface area contributed by atoms with Gasteiger partial charge in [-0.15, -0.1) is 0 Å². The Balaban J connectivity index is 1.54. The molecule has 0 aliphatic carbocycles. The molecule has 0 saturated carbocycles. The Morgan fingerprint density at radius 1 is 1.12 bits per heavy atom. The zero-order chi connectivity index (χ0) is 16.8. The molecule has 2 amide bonds.